The lowest BCUT2D eigenvalue weighted by atomic mass is 10.3. The number of nitrogens with zero attached hydrogens (tertiary/aromatic N) is 1. The Morgan fingerprint density at radius 3 is 3.20 bits per heavy atom. The molecule has 0 fully saturated rings. The summed E-state index contributed by atoms with van der Waals surface area (Å²) in [4.78, 5) is 3.98. The zero-order valence-corrected chi connectivity index (χ0v) is 6.62. The van der Waals surface area contributed by atoms with Gasteiger partial charge in [-0.2, -0.15) is 0 Å². The largest absolute Gasteiger partial charge is 0.263 e. The molecule has 1 nitrogen and oxygen atoms in total. The molecule has 0 atom stereocenters. The number of hydrogen-bond donors (Lipinski definition) is 0. The molecule has 0 aliphatic heterocycles. The molecule has 0 aliphatic carbocycles. The van der Waals surface area contributed by atoms with Gasteiger partial charge in [0.05, 0.1) is 9.72 Å². The van der Waals surface area contributed by atoms with Crippen molar-refractivity contribution in [2.24, 2.45) is 0 Å². The summed E-state index contributed by atoms with van der Waals surface area (Å²) in [5.74, 6) is 0. The van der Waals surface area contributed by atoms with Crippen LogP contribution in [0.2, 0.25) is 5.02 Å². The second-order valence-electron chi connectivity index (χ2n) is 1.96. The summed E-state index contributed by atoms with van der Waals surface area (Å²) in [6, 6.07) is 1.92. The van der Waals surface area contributed by atoms with Crippen LogP contribution >= 0.6 is 22.9 Å². The third-order valence-electron chi connectivity index (χ3n) is 1.33. The van der Waals surface area contributed by atoms with Gasteiger partial charge in [0.2, 0.25) is 0 Å². The second kappa shape index (κ2) is 2.22. The van der Waals surface area contributed by atoms with Gasteiger partial charge >= 0.3 is 0 Å². The van der Waals surface area contributed by atoms with Gasteiger partial charge in [-0.3, -0.25) is 4.98 Å². The van der Waals surface area contributed by atoms with Gasteiger partial charge in [0.25, 0.3) is 0 Å². The van der Waals surface area contributed by atoms with E-state index in [0.29, 0.717) is 0 Å². The second-order valence-corrected chi connectivity index (χ2v) is 3.27. The highest BCUT2D eigenvalue weighted by Gasteiger charge is 1.98. The maximum Gasteiger partial charge on any atom is 0.0592 e. The van der Waals surface area contributed by atoms with Crippen LogP contribution < -0.4 is 0 Å². The van der Waals surface area contributed by atoms with Crippen molar-refractivity contribution in [3.05, 3.63) is 28.9 Å². The van der Waals surface area contributed by atoms with E-state index in [1.54, 1.807) is 17.5 Å². The number of halogens is 1. The van der Waals surface area contributed by atoms with Crippen molar-refractivity contribution in [1.82, 2.24) is 4.98 Å². The van der Waals surface area contributed by atoms with Crippen LogP contribution in [0.15, 0.2) is 23.8 Å². The van der Waals surface area contributed by atoms with Gasteiger partial charge in [0.1, 0.15) is 0 Å². The Kier molecular flexibility index (Phi) is 1.36. The molecule has 0 N–H and O–H groups in total. The average molecular weight is 170 g/mol. The number of pyridine rings is 1. The first kappa shape index (κ1) is 6.13. The van der Waals surface area contributed by atoms with Crippen molar-refractivity contribution < 1.29 is 0 Å². The van der Waals surface area contributed by atoms with Crippen molar-refractivity contribution in [3.63, 3.8) is 0 Å². The summed E-state index contributed by atoms with van der Waals surface area (Å²) in [5, 5.41) is 3.84. The Morgan fingerprint density at radius 2 is 2.40 bits per heavy atom. The smallest absolute Gasteiger partial charge is 0.0592 e. The van der Waals surface area contributed by atoms with Crippen molar-refractivity contribution >= 4 is 33.0 Å². The summed E-state index contributed by atoms with van der Waals surface area (Å²) >= 11 is 7.47. The van der Waals surface area contributed by atoms with Crippen LogP contribution in [-0.4, -0.2) is 4.98 Å². The van der Waals surface area contributed by atoms with E-state index >= 15 is 0 Å². The normalized spacial score (nSPS) is 10.5. The van der Waals surface area contributed by atoms with Crippen LogP contribution in [-0.2, 0) is 0 Å². The van der Waals surface area contributed by atoms with E-state index in [9.17, 15) is 0 Å². The molecule has 2 heterocycles. The van der Waals surface area contributed by atoms with E-state index in [-0.39, 0.29) is 0 Å². The van der Waals surface area contributed by atoms with Crippen LogP contribution in [0.4, 0.5) is 0 Å². The van der Waals surface area contributed by atoms with Gasteiger partial charge in [-0.25, -0.2) is 0 Å². The Balaban J connectivity index is 2.93. The molecule has 0 amide bonds. The fraction of sp³-hybridized carbons (Fsp3) is 0. The first-order chi connectivity index (χ1) is 4.88. The first-order valence-electron chi connectivity index (χ1n) is 2.84. The lowest BCUT2D eigenvalue weighted by Crippen LogP contribution is -1.65. The molecule has 0 aliphatic rings. The minimum Gasteiger partial charge on any atom is -0.263 e. The van der Waals surface area contributed by atoms with Crippen LogP contribution in [0.1, 0.15) is 0 Å². The van der Waals surface area contributed by atoms with Gasteiger partial charge in [0.15, 0.2) is 0 Å². The van der Waals surface area contributed by atoms with Gasteiger partial charge < -0.3 is 0 Å². The highest BCUT2D eigenvalue weighted by atomic mass is 35.5. The summed E-state index contributed by atoms with van der Waals surface area (Å²) in [7, 11) is 0. The van der Waals surface area contributed by atoms with Crippen molar-refractivity contribution in [2.75, 3.05) is 0 Å². The lowest BCUT2D eigenvalue weighted by Gasteiger charge is -1.84. The monoisotopic (exact) mass is 169 g/mol. The standard InChI is InChI=1S/C7H4ClNS/c8-6-4-10-7-3-9-2-1-5(6)7/h1-4H. The Hall–Kier alpha value is -0.600. The molecule has 0 bridgehead atoms. The zero-order chi connectivity index (χ0) is 6.97. The molecular weight excluding hydrogens is 166 g/mol. The van der Waals surface area contributed by atoms with Crippen LogP contribution in [0.3, 0.4) is 0 Å². The Labute approximate surface area is 67.3 Å². The first-order valence-corrected chi connectivity index (χ1v) is 4.10. The van der Waals surface area contributed by atoms with Crippen molar-refractivity contribution in [3.8, 4) is 0 Å². The molecule has 0 spiro atoms. The molecule has 0 radical (unpaired) electrons. The highest BCUT2D eigenvalue weighted by Crippen LogP contribution is 2.28. The summed E-state index contributed by atoms with van der Waals surface area (Å²) in [6.07, 6.45) is 3.58. The molecule has 2 rings (SSSR count). The fourth-order valence-corrected chi connectivity index (χ4v) is 1.99. The molecule has 2 aromatic heterocycles. The van der Waals surface area contributed by atoms with Crippen molar-refractivity contribution in [1.29, 1.82) is 0 Å². The summed E-state index contributed by atoms with van der Waals surface area (Å²) < 4.78 is 1.15. The van der Waals surface area contributed by atoms with E-state index in [1.807, 2.05) is 17.6 Å². The number of rotatable bonds is 0. The molecule has 0 saturated carbocycles. The van der Waals surface area contributed by atoms with Crippen LogP contribution in [0.25, 0.3) is 10.1 Å². The molecule has 0 saturated heterocycles. The number of thiophene rings is 1. The SMILES string of the molecule is Clc1csc2cnccc12. The third-order valence-corrected chi connectivity index (χ3v) is 2.71. The average Bonchev–Trinajstić information content (AvgIpc) is 2.34. The molecule has 10 heavy (non-hydrogen) atoms. The van der Waals surface area contributed by atoms with E-state index in [1.165, 1.54) is 0 Å². The lowest BCUT2D eigenvalue weighted by molar-refractivity contribution is 1.37. The Bertz CT molecular complexity index is 355. The number of fused-ring (bicyclic) bond motifs is 1. The molecule has 0 aromatic carbocycles. The summed E-state index contributed by atoms with van der Waals surface area (Å²) in [6.45, 7) is 0. The van der Waals surface area contributed by atoms with E-state index < -0.39 is 0 Å². The third kappa shape index (κ3) is 0.805. The zero-order valence-electron chi connectivity index (χ0n) is 5.04. The fourth-order valence-electron chi connectivity index (χ4n) is 0.850. The minimum absolute atomic E-state index is 0.822. The minimum atomic E-state index is 0.822. The maximum absolute atomic E-state index is 5.86. The van der Waals surface area contributed by atoms with Gasteiger partial charge in [-0.15, -0.1) is 11.3 Å². The molecule has 0 unspecified atom stereocenters. The van der Waals surface area contributed by atoms with E-state index in [0.717, 1.165) is 15.1 Å². The van der Waals surface area contributed by atoms with Gasteiger partial charge in [-0.05, 0) is 6.07 Å². The highest BCUT2D eigenvalue weighted by molar-refractivity contribution is 7.17. The van der Waals surface area contributed by atoms with Crippen LogP contribution in [0, 0.1) is 0 Å². The molecule has 2 aromatic rings. The van der Waals surface area contributed by atoms with E-state index in [2.05, 4.69) is 4.98 Å². The predicted molar refractivity (Wildman–Crippen MR) is 44.6 cm³/mol. The van der Waals surface area contributed by atoms with Crippen molar-refractivity contribution in [2.45, 2.75) is 0 Å². The van der Waals surface area contributed by atoms with E-state index in [4.69, 9.17) is 11.6 Å². The predicted octanol–water partition coefficient (Wildman–Crippen LogP) is 2.95. The quantitative estimate of drug-likeness (QED) is 0.591. The topological polar surface area (TPSA) is 12.9 Å². The van der Waals surface area contributed by atoms with Gasteiger partial charge in [-0.1, -0.05) is 11.6 Å². The molecule has 3 heteroatoms. The summed E-state index contributed by atoms with van der Waals surface area (Å²) in [5.41, 5.74) is 0. The maximum atomic E-state index is 5.86. The Morgan fingerprint density at radius 1 is 1.50 bits per heavy atom. The van der Waals surface area contributed by atoms with Crippen LogP contribution in [0.5, 0.6) is 0 Å². The number of hydrogen-bond acceptors (Lipinski definition) is 2. The number of aromatic nitrogens is 1. The molecule has 50 valence electrons. The van der Waals surface area contributed by atoms with Gasteiger partial charge in [0, 0.05) is 23.2 Å². The molecular formula is C7H4ClNS.